The molecule has 0 aliphatic carbocycles. The van der Waals surface area contributed by atoms with Crippen LogP contribution < -0.4 is 4.90 Å². The van der Waals surface area contributed by atoms with E-state index in [1.165, 1.54) is 0 Å². The van der Waals surface area contributed by atoms with E-state index in [9.17, 15) is 4.79 Å². The number of benzene rings is 2. The topological polar surface area (TPSA) is 53.7 Å². The van der Waals surface area contributed by atoms with Gasteiger partial charge in [-0.2, -0.15) is 5.10 Å². The van der Waals surface area contributed by atoms with Gasteiger partial charge >= 0.3 is 0 Å². The minimum absolute atomic E-state index is 0.0493. The molecule has 0 saturated carbocycles. The Labute approximate surface area is 164 Å². The first-order valence-corrected chi connectivity index (χ1v) is 9.26. The van der Waals surface area contributed by atoms with Gasteiger partial charge in [0.25, 0.3) is 0 Å². The lowest BCUT2D eigenvalue weighted by molar-refractivity contribution is -0.130. The van der Waals surface area contributed by atoms with E-state index in [0.717, 1.165) is 28.2 Å². The summed E-state index contributed by atoms with van der Waals surface area (Å²) >= 11 is 0. The van der Waals surface area contributed by atoms with E-state index in [-0.39, 0.29) is 11.9 Å². The van der Waals surface area contributed by atoms with Gasteiger partial charge in [-0.15, -0.1) is 0 Å². The fourth-order valence-corrected chi connectivity index (χ4v) is 3.47. The van der Waals surface area contributed by atoms with Crippen molar-refractivity contribution in [3.8, 4) is 5.69 Å². The molecule has 0 radical (unpaired) electrons. The molecule has 0 bridgehead atoms. The molecule has 6 heteroatoms. The Balaban J connectivity index is 1.59. The molecule has 1 aliphatic heterocycles. The monoisotopic (exact) mass is 373 g/mol. The molecule has 6 nitrogen and oxygen atoms in total. The van der Waals surface area contributed by atoms with Gasteiger partial charge in [0.15, 0.2) is 0 Å². The molecule has 0 fully saturated rings. The van der Waals surface area contributed by atoms with Crippen molar-refractivity contribution < 1.29 is 4.79 Å². The largest absolute Gasteiger partial charge is 0.378 e. The summed E-state index contributed by atoms with van der Waals surface area (Å²) in [6, 6.07) is 16.4. The van der Waals surface area contributed by atoms with E-state index in [1.807, 2.05) is 49.1 Å². The highest BCUT2D eigenvalue weighted by molar-refractivity contribution is 6.03. The van der Waals surface area contributed by atoms with E-state index >= 15 is 0 Å². The molecule has 1 aliphatic rings. The Hall–Kier alpha value is -3.41. The van der Waals surface area contributed by atoms with Crippen LogP contribution in [0.1, 0.15) is 30.5 Å². The third-order valence-corrected chi connectivity index (χ3v) is 5.03. The van der Waals surface area contributed by atoms with Gasteiger partial charge < -0.3 is 9.47 Å². The van der Waals surface area contributed by atoms with Crippen molar-refractivity contribution in [3.63, 3.8) is 0 Å². The highest BCUT2D eigenvalue weighted by Gasteiger charge is 2.31. The maximum absolute atomic E-state index is 12.2. The molecular formula is C22H23N5O. The smallest absolute Gasteiger partial charge is 0.240 e. The maximum Gasteiger partial charge on any atom is 0.240 e. The number of hydrogen-bond acceptors (Lipinski definition) is 4. The lowest BCUT2D eigenvalue weighted by Crippen LogP contribution is -2.24. The number of imidazole rings is 1. The van der Waals surface area contributed by atoms with Crippen LogP contribution in [0.15, 0.2) is 72.4 Å². The van der Waals surface area contributed by atoms with Gasteiger partial charge in [0.05, 0.1) is 18.1 Å². The summed E-state index contributed by atoms with van der Waals surface area (Å²) in [5, 5.41) is 6.24. The standard InChI is InChI=1S/C22H23N5O/c1-16(28)27-22(18-6-8-19(9-7-18)25(2)3)14-21(24-27)17-4-10-20(11-5-17)26-13-12-23-15-26/h4-13,15,22H,14H2,1-3H3. The van der Waals surface area contributed by atoms with Crippen LogP contribution in [0, 0.1) is 0 Å². The first-order chi connectivity index (χ1) is 13.5. The van der Waals surface area contributed by atoms with E-state index in [0.29, 0.717) is 6.42 Å². The van der Waals surface area contributed by atoms with E-state index in [2.05, 4.69) is 39.3 Å². The Morgan fingerprint density at radius 3 is 2.36 bits per heavy atom. The first-order valence-electron chi connectivity index (χ1n) is 9.26. The number of carbonyl (C=O) groups excluding carboxylic acids is 1. The molecule has 2 heterocycles. The second kappa shape index (κ2) is 7.31. The summed E-state index contributed by atoms with van der Waals surface area (Å²) in [5.74, 6) is -0.0493. The van der Waals surface area contributed by atoms with Crippen molar-refractivity contribution in [1.29, 1.82) is 0 Å². The van der Waals surface area contributed by atoms with E-state index in [1.54, 1.807) is 24.5 Å². The molecule has 2 aromatic carbocycles. The summed E-state index contributed by atoms with van der Waals surface area (Å²) in [4.78, 5) is 18.3. The number of rotatable bonds is 4. The van der Waals surface area contributed by atoms with Crippen LogP contribution in [0.4, 0.5) is 5.69 Å². The second-order valence-electron chi connectivity index (χ2n) is 7.13. The van der Waals surface area contributed by atoms with Crippen molar-refractivity contribution in [2.75, 3.05) is 19.0 Å². The zero-order chi connectivity index (χ0) is 19.7. The summed E-state index contributed by atoms with van der Waals surface area (Å²) in [6.07, 6.45) is 6.14. The molecule has 142 valence electrons. The highest BCUT2D eigenvalue weighted by Crippen LogP contribution is 2.33. The van der Waals surface area contributed by atoms with Crippen LogP contribution in [0.3, 0.4) is 0 Å². The van der Waals surface area contributed by atoms with E-state index < -0.39 is 0 Å². The minimum Gasteiger partial charge on any atom is -0.378 e. The summed E-state index contributed by atoms with van der Waals surface area (Å²) in [6.45, 7) is 1.57. The van der Waals surface area contributed by atoms with E-state index in [4.69, 9.17) is 0 Å². The number of hydrazone groups is 1. The van der Waals surface area contributed by atoms with Crippen LogP contribution >= 0.6 is 0 Å². The zero-order valence-electron chi connectivity index (χ0n) is 16.3. The molecular weight excluding hydrogens is 350 g/mol. The van der Waals surface area contributed by atoms with Crippen molar-refractivity contribution >= 4 is 17.3 Å². The number of amides is 1. The average molecular weight is 373 g/mol. The summed E-state index contributed by atoms with van der Waals surface area (Å²) in [5.41, 5.74) is 5.22. The molecule has 1 aromatic heterocycles. The lowest BCUT2D eigenvalue weighted by atomic mass is 9.98. The van der Waals surface area contributed by atoms with Gasteiger partial charge in [-0.25, -0.2) is 9.99 Å². The van der Waals surface area contributed by atoms with Gasteiger partial charge in [0, 0.05) is 51.2 Å². The predicted molar refractivity (Wildman–Crippen MR) is 111 cm³/mol. The lowest BCUT2D eigenvalue weighted by Gasteiger charge is -2.21. The summed E-state index contributed by atoms with van der Waals surface area (Å²) in [7, 11) is 4.03. The number of carbonyl (C=O) groups is 1. The fourth-order valence-electron chi connectivity index (χ4n) is 3.47. The Morgan fingerprint density at radius 2 is 1.79 bits per heavy atom. The van der Waals surface area contributed by atoms with Crippen LogP contribution in [0.2, 0.25) is 0 Å². The average Bonchev–Trinajstić information content (AvgIpc) is 3.38. The SMILES string of the molecule is CC(=O)N1N=C(c2ccc(-n3ccnc3)cc2)CC1c1ccc(N(C)C)cc1. The minimum atomic E-state index is -0.0722. The van der Waals surface area contributed by atoms with Gasteiger partial charge in [-0.1, -0.05) is 24.3 Å². The molecule has 4 rings (SSSR count). The Morgan fingerprint density at radius 1 is 1.07 bits per heavy atom. The number of anilines is 1. The fraction of sp³-hybridized carbons (Fsp3) is 0.227. The van der Waals surface area contributed by atoms with Crippen LogP contribution in [-0.4, -0.2) is 40.3 Å². The number of aromatic nitrogens is 2. The molecule has 0 N–H and O–H groups in total. The molecule has 0 saturated heterocycles. The molecule has 1 unspecified atom stereocenters. The van der Waals surface area contributed by atoms with Crippen LogP contribution in [-0.2, 0) is 4.79 Å². The molecule has 1 atom stereocenters. The van der Waals surface area contributed by atoms with Crippen molar-refractivity contribution in [1.82, 2.24) is 14.6 Å². The third kappa shape index (κ3) is 3.41. The van der Waals surface area contributed by atoms with Crippen molar-refractivity contribution in [2.45, 2.75) is 19.4 Å². The molecule has 28 heavy (non-hydrogen) atoms. The molecule has 0 spiro atoms. The van der Waals surface area contributed by atoms with Crippen LogP contribution in [0.5, 0.6) is 0 Å². The molecule has 1 amide bonds. The third-order valence-electron chi connectivity index (χ3n) is 5.03. The van der Waals surface area contributed by atoms with Crippen LogP contribution in [0.25, 0.3) is 5.69 Å². The van der Waals surface area contributed by atoms with Crippen molar-refractivity contribution in [2.24, 2.45) is 5.10 Å². The quantitative estimate of drug-likeness (QED) is 0.702. The van der Waals surface area contributed by atoms with Gasteiger partial charge in [0.2, 0.25) is 5.91 Å². The Kier molecular flexibility index (Phi) is 4.69. The summed E-state index contributed by atoms with van der Waals surface area (Å²) < 4.78 is 1.96. The normalized spacial score (nSPS) is 16.2. The predicted octanol–water partition coefficient (Wildman–Crippen LogP) is 3.64. The maximum atomic E-state index is 12.2. The molecule has 3 aromatic rings. The number of nitrogens with zero attached hydrogens (tertiary/aromatic N) is 5. The van der Waals surface area contributed by atoms with Crippen molar-refractivity contribution in [3.05, 3.63) is 78.4 Å². The number of hydrogen-bond donors (Lipinski definition) is 0. The van der Waals surface area contributed by atoms with Gasteiger partial charge in [-0.05, 0) is 35.4 Å². The highest BCUT2D eigenvalue weighted by atomic mass is 16.2. The van der Waals surface area contributed by atoms with Gasteiger partial charge in [0.1, 0.15) is 0 Å². The Bertz CT molecular complexity index is 988. The second-order valence-corrected chi connectivity index (χ2v) is 7.13. The van der Waals surface area contributed by atoms with Gasteiger partial charge in [-0.3, -0.25) is 4.79 Å². The first kappa shape index (κ1) is 18.0. The zero-order valence-corrected chi connectivity index (χ0v) is 16.3.